The number of hydrogen-bond donors (Lipinski definition) is 6. The molecule has 0 aliphatic rings. The number of aromatic carboxylic acids is 3. The first-order chi connectivity index (χ1) is 42.4. The highest BCUT2D eigenvalue weighted by Gasteiger charge is 2.22. The topological polar surface area (TPSA) is 250 Å². The fraction of sp³-hybridized carbons (Fsp3) is 0.169. The molecular weight excluding hydrogens is 1180 g/mol. The van der Waals surface area contributed by atoms with Crippen LogP contribution in [0.15, 0.2) is 228 Å². The zero-order valence-electron chi connectivity index (χ0n) is 49.9. The number of sulfonamides is 3. The number of carbonyl (C=O) groups is 3. The molecule has 0 radical (unpaired) electrons. The molecule has 0 aliphatic heterocycles. The van der Waals surface area contributed by atoms with Crippen LogP contribution < -0.4 is 14.2 Å². The third-order valence-electron chi connectivity index (χ3n) is 14.4. The van der Waals surface area contributed by atoms with Gasteiger partial charge in [0.05, 0.1) is 49.0 Å². The molecule has 0 unspecified atom stereocenters. The summed E-state index contributed by atoms with van der Waals surface area (Å²) in [6, 6.07) is 62.0. The quantitative estimate of drug-likeness (QED) is 0.0350. The van der Waals surface area contributed by atoms with Crippen molar-refractivity contribution in [3.63, 3.8) is 0 Å². The van der Waals surface area contributed by atoms with Gasteiger partial charge in [0, 0.05) is 0 Å². The summed E-state index contributed by atoms with van der Waals surface area (Å²) in [6.07, 6.45) is 5.41. The molecule has 0 saturated heterocycles. The van der Waals surface area contributed by atoms with Crippen LogP contribution in [-0.4, -0.2) is 58.5 Å². The van der Waals surface area contributed by atoms with Crippen molar-refractivity contribution < 1.29 is 55.0 Å². The summed E-state index contributed by atoms with van der Waals surface area (Å²) in [5, 5.41) is 28.1. The van der Waals surface area contributed by atoms with Gasteiger partial charge in [0.2, 0.25) is 0 Å². The minimum absolute atomic E-state index is 0.228. The maximum absolute atomic E-state index is 13.1. The Morgan fingerprint density at radius 3 is 1.13 bits per heavy atom. The summed E-state index contributed by atoms with van der Waals surface area (Å²) in [7, 11) is -11.1. The second kappa shape index (κ2) is 30.8. The van der Waals surface area contributed by atoms with Gasteiger partial charge < -0.3 is 15.3 Å². The molecule has 9 aromatic rings. The molecule has 15 nitrogen and oxygen atoms in total. The van der Waals surface area contributed by atoms with Gasteiger partial charge in [-0.25, -0.2) is 39.6 Å². The van der Waals surface area contributed by atoms with Crippen molar-refractivity contribution in [2.75, 3.05) is 14.2 Å². The highest BCUT2D eigenvalue weighted by molar-refractivity contribution is 7.95. The Labute approximate surface area is 521 Å². The Hall–Kier alpha value is -9.62. The minimum Gasteiger partial charge on any atom is -0.478 e. The molecule has 0 spiro atoms. The fourth-order valence-corrected chi connectivity index (χ4v) is 13.3. The number of rotatable bonds is 23. The van der Waals surface area contributed by atoms with Gasteiger partial charge in [0.25, 0.3) is 30.1 Å². The van der Waals surface area contributed by atoms with Crippen LogP contribution in [-0.2, 0) is 68.6 Å². The van der Waals surface area contributed by atoms with Crippen LogP contribution >= 0.6 is 0 Å². The van der Waals surface area contributed by atoms with Gasteiger partial charge in [0.1, 0.15) is 0 Å². The van der Waals surface area contributed by atoms with E-state index in [-0.39, 0.29) is 21.6 Å². The molecule has 9 aromatic carbocycles. The summed E-state index contributed by atoms with van der Waals surface area (Å²) >= 11 is 0. The fourth-order valence-electron chi connectivity index (χ4n) is 9.73. The third-order valence-corrected chi connectivity index (χ3v) is 18.5. The van der Waals surface area contributed by atoms with E-state index in [9.17, 15) is 39.6 Å². The number of nitrogens with one attached hydrogen (secondary N) is 3. The van der Waals surface area contributed by atoms with E-state index in [0.717, 1.165) is 66.6 Å². The van der Waals surface area contributed by atoms with E-state index in [1.54, 1.807) is 141 Å². The predicted octanol–water partition coefficient (Wildman–Crippen LogP) is 14.6. The Kier molecular flexibility index (Phi) is 23.2. The van der Waals surface area contributed by atoms with Gasteiger partial charge in [-0.3, -0.25) is 14.2 Å². The summed E-state index contributed by atoms with van der Waals surface area (Å²) in [4.78, 5) is 33.4. The molecule has 6 N–H and O–H groups in total. The lowest BCUT2D eigenvalue weighted by atomic mass is 10.0. The van der Waals surface area contributed by atoms with E-state index in [0.29, 0.717) is 66.4 Å². The molecular formula is C71H71N3O12S3. The van der Waals surface area contributed by atoms with Crippen molar-refractivity contribution in [1.82, 2.24) is 0 Å². The second-order valence-electron chi connectivity index (χ2n) is 21.5. The number of hydrogen-bond acceptors (Lipinski definition) is 9. The predicted molar refractivity (Wildman–Crippen MR) is 353 cm³/mol. The Balaban J connectivity index is 0.000000190. The van der Waals surface area contributed by atoms with Crippen LogP contribution in [0.1, 0.15) is 112 Å². The lowest BCUT2D eigenvalue weighted by Gasteiger charge is -2.16. The van der Waals surface area contributed by atoms with Crippen molar-refractivity contribution >= 4 is 71.1 Å². The largest absolute Gasteiger partial charge is 0.478 e. The first kappa shape index (κ1) is 66.9. The van der Waals surface area contributed by atoms with Crippen molar-refractivity contribution in [3.8, 4) is 0 Å². The van der Waals surface area contributed by atoms with Gasteiger partial charge in [-0.2, -0.15) is 0 Å². The van der Waals surface area contributed by atoms with Crippen molar-refractivity contribution in [1.29, 1.82) is 0 Å². The van der Waals surface area contributed by atoms with Crippen LogP contribution in [0.2, 0.25) is 0 Å². The average molecular weight is 1250 g/mol. The summed E-state index contributed by atoms with van der Waals surface area (Å²) < 4.78 is 84.9. The molecule has 89 heavy (non-hydrogen) atoms. The maximum atomic E-state index is 13.1. The highest BCUT2D eigenvalue weighted by atomic mass is 32.2. The van der Waals surface area contributed by atoms with Gasteiger partial charge >= 0.3 is 17.9 Å². The minimum atomic E-state index is -3.73. The lowest BCUT2D eigenvalue weighted by Crippen LogP contribution is -2.17. The molecule has 0 bridgehead atoms. The first-order valence-electron chi connectivity index (χ1n) is 28.6. The van der Waals surface area contributed by atoms with E-state index < -0.39 is 48.0 Å². The molecule has 0 amide bonds. The maximum Gasteiger partial charge on any atom is 0.335 e. The molecule has 0 aliphatic carbocycles. The smallest absolute Gasteiger partial charge is 0.335 e. The number of carboxylic acid groups (broad SMARTS) is 3. The van der Waals surface area contributed by atoms with Gasteiger partial charge in [-0.05, 0) is 194 Å². The van der Waals surface area contributed by atoms with E-state index in [4.69, 9.17) is 15.3 Å². The highest BCUT2D eigenvalue weighted by Crippen LogP contribution is 2.28. The normalized spacial score (nSPS) is 11.4. The zero-order valence-corrected chi connectivity index (χ0v) is 52.4. The van der Waals surface area contributed by atoms with Gasteiger partial charge in [0.15, 0.2) is 0 Å². The van der Waals surface area contributed by atoms with E-state index in [1.165, 1.54) is 0 Å². The van der Waals surface area contributed by atoms with E-state index in [1.807, 2.05) is 97.9 Å². The molecule has 0 heterocycles. The van der Waals surface area contributed by atoms with Crippen molar-refractivity contribution in [2.24, 2.45) is 0 Å². The standard InChI is InChI=1S/2C24H25NO4S.C23H21NO4S/c1-16-14-17(2)23(18(3)15-16)30(28,29)25-22-7-5-4-6-20(22)11-8-19-9-12-21(13-10-19)24(26)27;1-17(2)19-13-15-22(16-14-19)30(28,29)25-23-6-4-3-5-20(23)10-7-18-8-11-21(12-9-18)24(26)27;25-23(26)21-14-11-19(12-15-21)10-13-20-8-4-5-9-22(20)24-29(27,28)17-16-18-6-2-1-3-7-18/h4-7,9-10,12-15,25H,8,11H2,1-3H3,(H,26,27);3-6,8-9,11-17,25H,7,10H2,1-2H3,(H,26,27);1-9,11-12,14-17,24H,10,13H2,(H,25,26). The molecule has 18 heteroatoms. The Bertz CT molecular complexity index is 4270. The van der Waals surface area contributed by atoms with Crippen LogP contribution in [0.4, 0.5) is 17.1 Å². The second-order valence-corrected chi connectivity index (χ2v) is 26.4. The monoisotopic (exact) mass is 1250 g/mol. The molecule has 0 atom stereocenters. The SMILES string of the molecule is CC(C)c1ccc(S(=O)(=O)Nc2ccccc2CCc2ccc(C(=O)O)cc2)cc1.Cc1cc(C)c(S(=O)(=O)Nc2ccccc2CCc2ccc(C(=O)O)cc2)c(C)c1.O=C(O)c1ccc(CCc2ccccc2NS(=O)(=O)C=Cc2ccccc2)cc1. The zero-order chi connectivity index (χ0) is 64.3. The molecule has 460 valence electrons. The summed E-state index contributed by atoms with van der Waals surface area (Å²) in [5.74, 6) is -2.54. The Morgan fingerprint density at radius 1 is 0.416 bits per heavy atom. The van der Waals surface area contributed by atoms with Crippen molar-refractivity contribution in [3.05, 3.63) is 296 Å². The Morgan fingerprint density at radius 2 is 0.764 bits per heavy atom. The number of benzene rings is 9. The number of carboxylic acids is 3. The molecule has 9 rings (SSSR count). The van der Waals surface area contributed by atoms with Crippen LogP contribution in [0.5, 0.6) is 0 Å². The van der Waals surface area contributed by atoms with Crippen LogP contribution in [0.25, 0.3) is 6.08 Å². The van der Waals surface area contributed by atoms with Crippen LogP contribution in [0, 0.1) is 20.8 Å². The van der Waals surface area contributed by atoms with Gasteiger partial charge in [-0.15, -0.1) is 0 Å². The number of aryl methyl sites for hydroxylation is 9. The van der Waals surface area contributed by atoms with E-state index in [2.05, 4.69) is 28.0 Å². The molecule has 0 saturated carbocycles. The van der Waals surface area contributed by atoms with E-state index >= 15 is 0 Å². The molecule has 0 fully saturated rings. The third kappa shape index (κ3) is 20.0. The summed E-state index contributed by atoms with van der Waals surface area (Å²) in [6.45, 7) is 9.69. The van der Waals surface area contributed by atoms with Crippen molar-refractivity contribution in [2.45, 2.75) is 88.9 Å². The van der Waals surface area contributed by atoms with Gasteiger partial charge in [-0.1, -0.05) is 165 Å². The first-order valence-corrected chi connectivity index (χ1v) is 33.1. The average Bonchev–Trinajstić information content (AvgIpc) is 2.77. The molecule has 0 aromatic heterocycles. The number of para-hydroxylation sites is 3. The van der Waals surface area contributed by atoms with Crippen LogP contribution in [0.3, 0.4) is 0 Å². The summed E-state index contributed by atoms with van der Waals surface area (Å²) in [5.41, 5.74) is 12.3. The number of anilines is 3. The lowest BCUT2D eigenvalue weighted by molar-refractivity contribution is 0.0686.